The van der Waals surface area contributed by atoms with Crippen molar-refractivity contribution in [1.29, 1.82) is 0 Å². The summed E-state index contributed by atoms with van der Waals surface area (Å²) in [5.41, 5.74) is -0.129. The monoisotopic (exact) mass is 285 g/mol. The molecule has 1 aromatic heterocycles. The van der Waals surface area contributed by atoms with Crippen LogP contribution >= 0.6 is 0 Å². The Labute approximate surface area is 114 Å². The minimum atomic E-state index is -0.788. The second kappa shape index (κ2) is 4.48. The van der Waals surface area contributed by atoms with Crippen molar-refractivity contribution in [3.05, 3.63) is 22.5 Å². The van der Waals surface area contributed by atoms with Crippen LogP contribution in [0.4, 0.5) is 5.69 Å². The lowest BCUT2D eigenvalue weighted by Crippen LogP contribution is -2.31. The first-order valence-electron chi connectivity index (χ1n) is 6.22. The van der Waals surface area contributed by atoms with Crippen LogP contribution in [0.15, 0.2) is 12.4 Å². The molecule has 20 heavy (non-hydrogen) atoms. The fourth-order valence-electron chi connectivity index (χ4n) is 2.58. The Morgan fingerprint density at radius 3 is 2.80 bits per heavy atom. The number of rotatable bonds is 3. The van der Waals surface area contributed by atoms with Crippen LogP contribution in [0, 0.1) is 10.1 Å². The van der Waals surface area contributed by atoms with Gasteiger partial charge in [-0.3, -0.25) is 10.1 Å². The third-order valence-electron chi connectivity index (χ3n) is 3.36. The summed E-state index contributed by atoms with van der Waals surface area (Å²) in [4.78, 5) is 10.2. The summed E-state index contributed by atoms with van der Waals surface area (Å²) >= 11 is 0. The van der Waals surface area contributed by atoms with Crippen molar-refractivity contribution in [1.82, 2.24) is 9.78 Å². The zero-order chi connectivity index (χ0) is 14.5. The summed E-state index contributed by atoms with van der Waals surface area (Å²) in [6.45, 7) is 3.31. The molecule has 0 amide bonds. The van der Waals surface area contributed by atoms with Crippen molar-refractivity contribution >= 4 is 5.69 Å². The van der Waals surface area contributed by atoms with E-state index in [0.717, 1.165) is 6.20 Å². The predicted octanol–water partition coefficient (Wildman–Crippen LogP) is 0.201. The molecule has 3 heterocycles. The summed E-state index contributed by atoms with van der Waals surface area (Å²) in [7, 11) is 0. The van der Waals surface area contributed by atoms with Gasteiger partial charge in [-0.15, -0.1) is 0 Å². The molecule has 2 aliphatic heterocycles. The van der Waals surface area contributed by atoms with Crippen molar-refractivity contribution in [2.75, 3.05) is 6.61 Å². The van der Waals surface area contributed by atoms with Gasteiger partial charge >= 0.3 is 5.69 Å². The average molecular weight is 285 g/mol. The highest BCUT2D eigenvalue weighted by atomic mass is 16.8. The van der Waals surface area contributed by atoms with Crippen LogP contribution in [0.25, 0.3) is 0 Å². The van der Waals surface area contributed by atoms with Gasteiger partial charge in [-0.25, -0.2) is 4.68 Å². The maximum Gasteiger partial charge on any atom is 0.307 e. The van der Waals surface area contributed by atoms with Gasteiger partial charge in [-0.2, -0.15) is 5.10 Å². The van der Waals surface area contributed by atoms with Crippen LogP contribution < -0.4 is 0 Å². The third kappa shape index (κ3) is 2.08. The molecule has 0 unspecified atom stereocenters. The van der Waals surface area contributed by atoms with Gasteiger partial charge in [0.1, 0.15) is 30.7 Å². The van der Waals surface area contributed by atoms with Crippen molar-refractivity contribution in [3.8, 4) is 0 Å². The summed E-state index contributed by atoms with van der Waals surface area (Å²) < 4.78 is 18.4. The minimum absolute atomic E-state index is 0.129. The van der Waals surface area contributed by atoms with Crippen LogP contribution in [0.5, 0.6) is 0 Å². The van der Waals surface area contributed by atoms with Crippen LogP contribution in [-0.4, -0.2) is 50.5 Å². The van der Waals surface area contributed by atoms with Gasteiger partial charge < -0.3 is 19.3 Å². The summed E-state index contributed by atoms with van der Waals surface area (Å²) in [5.74, 6) is -0.788. The highest BCUT2D eigenvalue weighted by Crippen LogP contribution is 2.42. The van der Waals surface area contributed by atoms with Gasteiger partial charge in [0, 0.05) is 0 Å². The van der Waals surface area contributed by atoms with E-state index in [4.69, 9.17) is 14.2 Å². The van der Waals surface area contributed by atoms with E-state index in [1.54, 1.807) is 13.8 Å². The van der Waals surface area contributed by atoms with Gasteiger partial charge in [-0.05, 0) is 13.8 Å². The molecule has 2 aliphatic rings. The highest BCUT2D eigenvalue weighted by Gasteiger charge is 2.56. The molecule has 0 radical (unpaired) electrons. The molecule has 0 aliphatic carbocycles. The molecule has 0 aromatic carbocycles. The molecule has 110 valence electrons. The van der Waals surface area contributed by atoms with Crippen molar-refractivity contribution < 1.29 is 24.2 Å². The van der Waals surface area contributed by atoms with Crippen LogP contribution in [0.2, 0.25) is 0 Å². The van der Waals surface area contributed by atoms with Gasteiger partial charge in [-0.1, -0.05) is 0 Å². The molecule has 2 fully saturated rings. The lowest BCUT2D eigenvalue weighted by molar-refractivity contribution is -0.385. The maximum absolute atomic E-state index is 10.7. The number of aliphatic hydroxyl groups is 1. The number of aliphatic hydroxyl groups excluding tert-OH is 1. The Morgan fingerprint density at radius 1 is 1.50 bits per heavy atom. The van der Waals surface area contributed by atoms with Crippen LogP contribution in [-0.2, 0) is 14.2 Å². The number of nitro groups is 1. The summed E-state index contributed by atoms with van der Waals surface area (Å²) in [5, 5.41) is 24.0. The van der Waals surface area contributed by atoms with Crippen molar-refractivity contribution in [2.45, 2.75) is 44.2 Å². The van der Waals surface area contributed by atoms with E-state index in [1.165, 1.54) is 10.9 Å². The molecule has 3 rings (SSSR count). The van der Waals surface area contributed by atoms with E-state index in [2.05, 4.69) is 5.10 Å². The molecular formula is C11H15N3O6. The minimum Gasteiger partial charge on any atom is -0.394 e. The Balaban J connectivity index is 1.87. The summed E-state index contributed by atoms with van der Waals surface area (Å²) in [6.07, 6.45) is 0.314. The lowest BCUT2D eigenvalue weighted by Gasteiger charge is -2.23. The topological polar surface area (TPSA) is 109 Å². The fraction of sp³-hybridized carbons (Fsp3) is 0.727. The van der Waals surface area contributed by atoms with Gasteiger partial charge in [0.25, 0.3) is 0 Å². The summed E-state index contributed by atoms with van der Waals surface area (Å²) in [6, 6.07) is 0. The largest absolute Gasteiger partial charge is 0.394 e. The van der Waals surface area contributed by atoms with Crippen molar-refractivity contribution in [3.63, 3.8) is 0 Å². The molecule has 0 saturated carbocycles. The first-order chi connectivity index (χ1) is 9.41. The zero-order valence-corrected chi connectivity index (χ0v) is 11.0. The average Bonchev–Trinajstić information content (AvgIpc) is 3.01. The van der Waals surface area contributed by atoms with E-state index < -0.39 is 35.3 Å². The molecule has 4 atom stereocenters. The SMILES string of the molecule is CC1(C)O[C@@H]2[C@H](O1)[C@@H](CO)O[C@H]2n1cc([N+](=O)[O-])cn1. The first kappa shape index (κ1) is 13.4. The van der Waals surface area contributed by atoms with Crippen molar-refractivity contribution in [2.24, 2.45) is 0 Å². The standard InChI is InChI=1S/C11H15N3O6/c1-11(2)19-8-7(5-15)18-10(9(8)20-11)13-4-6(3-12-13)14(16)17/h3-4,7-10,15H,5H2,1-2H3/t7-,8-,9-,10-/m1/s1. The second-order valence-corrected chi connectivity index (χ2v) is 5.25. The Bertz CT molecular complexity index is 530. The molecule has 1 aromatic rings. The second-order valence-electron chi connectivity index (χ2n) is 5.25. The fourth-order valence-corrected chi connectivity index (χ4v) is 2.58. The quantitative estimate of drug-likeness (QED) is 0.624. The van der Waals surface area contributed by atoms with Gasteiger partial charge in [0.2, 0.25) is 0 Å². The maximum atomic E-state index is 10.7. The van der Waals surface area contributed by atoms with E-state index >= 15 is 0 Å². The number of fused-ring (bicyclic) bond motifs is 1. The van der Waals surface area contributed by atoms with Crippen LogP contribution in [0.3, 0.4) is 0 Å². The number of aromatic nitrogens is 2. The van der Waals surface area contributed by atoms with E-state index in [-0.39, 0.29) is 12.3 Å². The molecule has 0 bridgehead atoms. The molecule has 2 saturated heterocycles. The molecule has 9 nitrogen and oxygen atoms in total. The Morgan fingerprint density at radius 2 is 2.20 bits per heavy atom. The Kier molecular flexibility index (Phi) is 3.01. The molecular weight excluding hydrogens is 270 g/mol. The van der Waals surface area contributed by atoms with E-state index in [1.807, 2.05) is 0 Å². The third-order valence-corrected chi connectivity index (χ3v) is 3.36. The first-order valence-corrected chi connectivity index (χ1v) is 6.22. The Hall–Kier alpha value is -1.55. The number of nitrogens with zero attached hydrogens (tertiary/aromatic N) is 3. The predicted molar refractivity (Wildman–Crippen MR) is 63.7 cm³/mol. The number of hydrogen-bond acceptors (Lipinski definition) is 7. The highest BCUT2D eigenvalue weighted by molar-refractivity contribution is 5.21. The number of ether oxygens (including phenoxy) is 3. The van der Waals surface area contributed by atoms with E-state index in [0.29, 0.717) is 0 Å². The normalized spacial score (nSPS) is 35.1. The smallest absolute Gasteiger partial charge is 0.307 e. The van der Waals surface area contributed by atoms with Gasteiger partial charge in [0.15, 0.2) is 12.0 Å². The molecule has 1 N–H and O–H groups in total. The zero-order valence-electron chi connectivity index (χ0n) is 11.0. The lowest BCUT2D eigenvalue weighted by atomic mass is 10.1. The molecule has 9 heteroatoms. The molecule has 0 spiro atoms. The van der Waals surface area contributed by atoms with Crippen LogP contribution in [0.1, 0.15) is 20.1 Å². The van der Waals surface area contributed by atoms with E-state index in [9.17, 15) is 15.2 Å². The van der Waals surface area contributed by atoms with Gasteiger partial charge in [0.05, 0.1) is 11.5 Å². The number of hydrogen-bond donors (Lipinski definition) is 1.